The minimum atomic E-state index is 0.605. The molecule has 0 amide bonds. The van der Waals surface area contributed by atoms with Crippen LogP contribution in [0, 0.1) is 11.3 Å². The molecule has 0 atom stereocenters. The number of nitriles is 1. The fraction of sp³-hybridized carbons (Fsp3) is 0. The Kier molecular flexibility index (Phi) is 8.54. The summed E-state index contributed by atoms with van der Waals surface area (Å²) in [5, 5.41) is 23.7. The molecule has 0 unspecified atom stereocenters. The van der Waals surface area contributed by atoms with E-state index < -0.39 is 0 Å². The summed E-state index contributed by atoms with van der Waals surface area (Å²) in [5.41, 5.74) is 7.37. The van der Waals surface area contributed by atoms with Crippen LogP contribution in [0.4, 0.5) is 0 Å². The molecule has 11 aromatic rings. The molecule has 3 heteroatoms. The van der Waals surface area contributed by atoms with Crippen LogP contribution in [0.3, 0.4) is 0 Å². The van der Waals surface area contributed by atoms with Crippen LogP contribution < -0.4 is 0 Å². The number of benzene rings is 9. The Hall–Kier alpha value is -8.19. The Morgan fingerprint density at radius 3 is 1.18 bits per heavy atom. The summed E-state index contributed by atoms with van der Waals surface area (Å²) in [7, 11) is 0. The first-order valence-electron chi connectivity index (χ1n) is 20.2. The monoisotopic (exact) mass is 761 g/mol. The molecule has 0 saturated carbocycles. The Labute approximate surface area is 347 Å². The van der Waals surface area contributed by atoms with E-state index >= 15 is 0 Å². The Morgan fingerprint density at radius 1 is 0.300 bits per heavy atom. The Morgan fingerprint density at radius 2 is 0.683 bits per heavy atom. The van der Waals surface area contributed by atoms with Crippen LogP contribution in [-0.4, -0.2) is 9.97 Å². The second kappa shape index (κ2) is 14.6. The molecule has 10 aromatic carbocycles. The maximum absolute atomic E-state index is 9.57. The SMILES string of the molecule is N#Cc1ccc(-c2cc(-c3ccc(-c4cccc5ccccc45)cc3)nc(-c3ccc4c5ccccc5c5ccccc5c5ccccc5c5ccccc5c4c3)n2)cc1. The second-order valence-corrected chi connectivity index (χ2v) is 15.2. The van der Waals surface area contributed by atoms with Crippen molar-refractivity contribution in [3.63, 3.8) is 0 Å². The normalized spacial score (nSPS) is 11.3. The standard InChI is InChI=1S/C57H35N3/c58-36-37-24-26-40(27-25-37)55-35-56(41-30-28-39(29-31-41)44-23-11-13-38-12-1-2-14-43(38)44)60-57(59-55)42-32-33-53-51-21-8-7-19-49(51)47-17-4-3-15-45(47)46-16-5-6-18-48(46)50-20-9-10-22-52(50)54(53)34-42/h1-35H. The number of rotatable bonds is 4. The lowest BCUT2D eigenvalue weighted by Gasteiger charge is -2.13. The van der Waals surface area contributed by atoms with Gasteiger partial charge in [-0.25, -0.2) is 9.97 Å². The molecule has 0 spiro atoms. The van der Waals surface area contributed by atoms with Gasteiger partial charge in [-0.2, -0.15) is 5.26 Å². The van der Waals surface area contributed by atoms with E-state index in [1.54, 1.807) is 0 Å². The minimum absolute atomic E-state index is 0.605. The summed E-state index contributed by atoms with van der Waals surface area (Å²) >= 11 is 0. The molecule has 1 aromatic heterocycles. The molecule has 0 N–H and O–H groups in total. The summed E-state index contributed by atoms with van der Waals surface area (Å²) in [6.45, 7) is 0. The van der Waals surface area contributed by atoms with Crippen LogP contribution in [0.25, 0.3) is 110 Å². The van der Waals surface area contributed by atoms with Gasteiger partial charge in [0.05, 0.1) is 23.0 Å². The lowest BCUT2D eigenvalue weighted by molar-refractivity contribution is 1.18. The van der Waals surface area contributed by atoms with Crippen LogP contribution in [0.2, 0.25) is 0 Å². The van der Waals surface area contributed by atoms with E-state index in [1.165, 1.54) is 54.0 Å². The molecule has 3 nitrogen and oxygen atoms in total. The minimum Gasteiger partial charge on any atom is -0.228 e. The summed E-state index contributed by atoms with van der Waals surface area (Å²) in [5.74, 6) is 0.626. The lowest BCUT2D eigenvalue weighted by Crippen LogP contribution is -1.96. The van der Waals surface area contributed by atoms with Gasteiger partial charge in [0.25, 0.3) is 0 Å². The van der Waals surface area contributed by atoms with Crippen LogP contribution in [-0.2, 0) is 0 Å². The summed E-state index contributed by atoms with van der Waals surface area (Å²) in [6.07, 6.45) is 0. The van der Waals surface area contributed by atoms with E-state index in [2.05, 4.69) is 194 Å². The molecule has 0 aliphatic carbocycles. The zero-order valence-electron chi connectivity index (χ0n) is 32.5. The zero-order chi connectivity index (χ0) is 40.0. The van der Waals surface area contributed by atoms with E-state index in [-0.39, 0.29) is 0 Å². The maximum Gasteiger partial charge on any atom is 0.160 e. The topological polar surface area (TPSA) is 49.6 Å². The van der Waals surface area contributed by atoms with Gasteiger partial charge in [0.15, 0.2) is 5.82 Å². The van der Waals surface area contributed by atoms with Crippen molar-refractivity contribution in [2.24, 2.45) is 0 Å². The molecule has 0 aliphatic rings. The average molecular weight is 762 g/mol. The number of hydrogen-bond donors (Lipinski definition) is 0. The highest BCUT2D eigenvalue weighted by molar-refractivity contribution is 6.26. The predicted octanol–water partition coefficient (Wildman–Crippen LogP) is 15.1. The third kappa shape index (κ3) is 6.07. The largest absolute Gasteiger partial charge is 0.228 e. The van der Waals surface area contributed by atoms with Crippen molar-refractivity contribution in [2.45, 2.75) is 0 Å². The van der Waals surface area contributed by atoms with Crippen molar-refractivity contribution in [1.29, 1.82) is 5.26 Å². The van der Waals surface area contributed by atoms with E-state index in [1.807, 2.05) is 24.3 Å². The van der Waals surface area contributed by atoms with Gasteiger partial charge in [-0.3, -0.25) is 0 Å². The Balaban J connectivity index is 1.17. The van der Waals surface area contributed by atoms with Crippen LogP contribution in [0.15, 0.2) is 212 Å². The first kappa shape index (κ1) is 35.0. The number of aromatic nitrogens is 2. The van der Waals surface area contributed by atoms with Gasteiger partial charge in [-0.05, 0) is 100 Å². The van der Waals surface area contributed by atoms with Gasteiger partial charge in [0, 0.05) is 16.7 Å². The zero-order valence-corrected chi connectivity index (χ0v) is 32.5. The highest BCUT2D eigenvalue weighted by Crippen LogP contribution is 2.38. The summed E-state index contributed by atoms with van der Waals surface area (Å²) in [4.78, 5) is 10.6. The van der Waals surface area contributed by atoms with Gasteiger partial charge in [-0.15, -0.1) is 0 Å². The van der Waals surface area contributed by atoms with Crippen molar-refractivity contribution in [3.8, 4) is 51.1 Å². The first-order valence-corrected chi connectivity index (χ1v) is 20.2. The fourth-order valence-electron chi connectivity index (χ4n) is 8.84. The van der Waals surface area contributed by atoms with Crippen LogP contribution in [0.5, 0.6) is 0 Å². The summed E-state index contributed by atoms with van der Waals surface area (Å²) < 4.78 is 0. The highest BCUT2D eigenvalue weighted by atomic mass is 14.9. The molecule has 0 saturated heterocycles. The van der Waals surface area contributed by atoms with Crippen LogP contribution in [0.1, 0.15) is 5.56 Å². The van der Waals surface area contributed by atoms with Crippen molar-refractivity contribution < 1.29 is 0 Å². The number of nitrogens with zero attached hydrogens (tertiary/aromatic N) is 3. The molecule has 0 radical (unpaired) electrons. The lowest BCUT2D eigenvalue weighted by atomic mass is 9.93. The number of fused-ring (bicyclic) bond motifs is 11. The van der Waals surface area contributed by atoms with E-state index in [4.69, 9.17) is 9.97 Å². The van der Waals surface area contributed by atoms with Gasteiger partial charge in [0.1, 0.15) is 0 Å². The van der Waals surface area contributed by atoms with Gasteiger partial charge in [0.2, 0.25) is 0 Å². The van der Waals surface area contributed by atoms with E-state index in [9.17, 15) is 5.26 Å². The molecular formula is C57H35N3. The van der Waals surface area contributed by atoms with E-state index in [0.717, 1.165) is 49.8 Å². The maximum atomic E-state index is 9.57. The quantitative estimate of drug-likeness (QED) is 0.179. The smallest absolute Gasteiger partial charge is 0.160 e. The molecule has 278 valence electrons. The van der Waals surface area contributed by atoms with Crippen molar-refractivity contribution in [1.82, 2.24) is 9.97 Å². The third-order valence-corrected chi connectivity index (χ3v) is 11.8. The van der Waals surface area contributed by atoms with Crippen LogP contribution >= 0.6 is 0 Å². The van der Waals surface area contributed by atoms with Gasteiger partial charge >= 0.3 is 0 Å². The molecular weight excluding hydrogens is 727 g/mol. The molecule has 0 bridgehead atoms. The van der Waals surface area contributed by atoms with E-state index in [0.29, 0.717) is 11.4 Å². The highest BCUT2D eigenvalue weighted by Gasteiger charge is 2.15. The van der Waals surface area contributed by atoms with Crippen molar-refractivity contribution in [3.05, 3.63) is 218 Å². The molecule has 1 heterocycles. The molecule has 11 rings (SSSR count). The first-order chi connectivity index (χ1) is 29.7. The Bertz CT molecular complexity index is 3520. The van der Waals surface area contributed by atoms with Gasteiger partial charge < -0.3 is 0 Å². The van der Waals surface area contributed by atoms with Crippen molar-refractivity contribution in [2.75, 3.05) is 0 Å². The second-order valence-electron chi connectivity index (χ2n) is 15.2. The average Bonchev–Trinajstić information content (AvgIpc) is 3.33. The molecule has 60 heavy (non-hydrogen) atoms. The summed E-state index contributed by atoms with van der Waals surface area (Å²) in [6, 6.07) is 77.2. The van der Waals surface area contributed by atoms with Crippen molar-refractivity contribution >= 4 is 64.6 Å². The predicted molar refractivity (Wildman–Crippen MR) is 251 cm³/mol. The number of hydrogen-bond acceptors (Lipinski definition) is 3. The molecule has 0 aliphatic heterocycles. The molecule has 0 fully saturated rings. The third-order valence-electron chi connectivity index (χ3n) is 11.8. The fourth-order valence-corrected chi connectivity index (χ4v) is 8.84. The van der Waals surface area contributed by atoms with Gasteiger partial charge in [-0.1, -0.05) is 188 Å².